The van der Waals surface area contributed by atoms with Gasteiger partial charge in [0.15, 0.2) is 31.8 Å². The van der Waals surface area contributed by atoms with Crippen LogP contribution < -0.4 is 25.8 Å². The van der Waals surface area contributed by atoms with E-state index in [1.165, 1.54) is 10.9 Å². The summed E-state index contributed by atoms with van der Waals surface area (Å²) < 4.78 is 56.4. The third kappa shape index (κ3) is 13.1. The number of fused-ring (bicyclic) bond motifs is 1. The summed E-state index contributed by atoms with van der Waals surface area (Å²) in [5.41, 5.74) is 2.33. The number of ether oxygens (including phenoxy) is 5. The molecule has 2 aliphatic rings. The average Bonchev–Trinajstić information content (AvgIpc) is 4.04. The monoisotopic (exact) mass is 1180 g/mol. The van der Waals surface area contributed by atoms with Crippen LogP contribution in [0.15, 0.2) is 169 Å². The number of anilines is 2. The first-order valence-electron chi connectivity index (χ1n) is 27.2. The summed E-state index contributed by atoms with van der Waals surface area (Å²) >= 11 is 6.33. The smallest absolute Gasteiger partial charge is 0.351 e. The van der Waals surface area contributed by atoms with Crippen molar-refractivity contribution in [1.29, 1.82) is 0 Å². The van der Waals surface area contributed by atoms with Crippen molar-refractivity contribution in [3.63, 3.8) is 0 Å². The number of hydrogen-bond acceptors (Lipinski definition) is 16. The molecule has 0 radical (unpaired) electrons. The zero-order valence-electron chi connectivity index (χ0n) is 47.4. The van der Waals surface area contributed by atoms with Gasteiger partial charge < -0.3 is 47.8 Å². The largest absolute Gasteiger partial charge is 0.497 e. The summed E-state index contributed by atoms with van der Waals surface area (Å²) in [6.07, 6.45) is 0.932. The molecular formula is C61H67N8O11PSSi. The molecule has 0 saturated carbocycles. The van der Waals surface area contributed by atoms with Crippen LogP contribution in [-0.4, -0.2) is 108 Å². The highest BCUT2D eigenvalue weighted by Gasteiger charge is 2.48. The predicted octanol–water partition coefficient (Wildman–Crippen LogP) is 10.9. The van der Waals surface area contributed by atoms with Crippen molar-refractivity contribution >= 4 is 61.2 Å². The van der Waals surface area contributed by atoms with Gasteiger partial charge in [-0.15, -0.1) is 0 Å². The topological polar surface area (TPSA) is 211 Å². The maximum atomic E-state index is 13.7. The van der Waals surface area contributed by atoms with Crippen molar-refractivity contribution < 1.29 is 46.7 Å². The lowest BCUT2D eigenvalue weighted by Crippen LogP contribution is -2.46. The fourth-order valence-corrected chi connectivity index (χ4v) is 13.1. The summed E-state index contributed by atoms with van der Waals surface area (Å²) in [4.78, 5) is 57.9. The van der Waals surface area contributed by atoms with Crippen LogP contribution in [0.2, 0.25) is 18.1 Å². The van der Waals surface area contributed by atoms with Gasteiger partial charge in [-0.05, 0) is 101 Å². The Morgan fingerprint density at radius 3 is 1.78 bits per heavy atom. The number of nitrogens with one attached hydrogen (secondary N) is 2. The maximum absolute atomic E-state index is 13.7. The Labute approximate surface area is 487 Å². The van der Waals surface area contributed by atoms with Gasteiger partial charge in [-0.1, -0.05) is 112 Å². The molecule has 2 fully saturated rings. The Morgan fingerprint density at radius 2 is 1.22 bits per heavy atom. The van der Waals surface area contributed by atoms with E-state index in [1.807, 2.05) is 91.0 Å². The summed E-state index contributed by atoms with van der Waals surface area (Å²) in [5, 5.41) is 5.45. The minimum absolute atomic E-state index is 0.0171. The summed E-state index contributed by atoms with van der Waals surface area (Å²) in [6.45, 7) is 9.30. The quantitative estimate of drug-likeness (QED) is 0.0389. The van der Waals surface area contributed by atoms with Crippen molar-refractivity contribution in [3.8, 4) is 11.5 Å². The third-order valence-electron chi connectivity index (χ3n) is 15.4. The first-order valence-corrected chi connectivity index (χ1v) is 33.2. The molecule has 0 spiro atoms. The molecule has 83 heavy (non-hydrogen) atoms. The van der Waals surface area contributed by atoms with Crippen molar-refractivity contribution in [2.24, 2.45) is 0 Å². The number of carbonyl (C=O) groups is 2. The number of carbonyl (C=O) groups excluding carboxylic acids is 2. The fourth-order valence-electron chi connectivity index (χ4n) is 10.0. The minimum atomic E-state index is -3.22. The number of benzene rings is 5. The van der Waals surface area contributed by atoms with Crippen molar-refractivity contribution in [2.45, 2.75) is 94.2 Å². The SMILES string of the molecule is COc1ccc(C(OC[C@H]2O[C@@H](n3cnc4c(NC(=O)c5ccccc5)ncnc43)C[C@@H]2OP(C)(=S)OC[C@H]2O[C@@H](n3ccc(NC(=O)c4ccccc4)nc3=O)C[C@@H]2O[Si](C)(C)C(C)(C)C)(c2ccccc2)c2ccc(OC)cc2)cc1. The van der Waals surface area contributed by atoms with Gasteiger partial charge in [0.2, 0.25) is 0 Å². The van der Waals surface area contributed by atoms with Gasteiger partial charge in [-0.3, -0.25) is 18.7 Å². The van der Waals surface area contributed by atoms with Gasteiger partial charge in [0, 0.05) is 36.8 Å². The van der Waals surface area contributed by atoms with Crippen molar-refractivity contribution in [2.75, 3.05) is 44.7 Å². The van der Waals surface area contributed by atoms with Crippen molar-refractivity contribution in [1.82, 2.24) is 29.1 Å². The predicted molar refractivity (Wildman–Crippen MR) is 321 cm³/mol. The zero-order valence-corrected chi connectivity index (χ0v) is 50.1. The first kappa shape index (κ1) is 58.9. The van der Waals surface area contributed by atoms with Gasteiger partial charge >= 0.3 is 5.69 Å². The Bertz CT molecular complexity index is 3600. The molecule has 5 aromatic carbocycles. The molecule has 5 heterocycles. The Hall–Kier alpha value is -7.30. The maximum Gasteiger partial charge on any atom is 0.351 e. The highest BCUT2D eigenvalue weighted by atomic mass is 32.5. The molecule has 0 bridgehead atoms. The van der Waals surface area contributed by atoms with E-state index in [9.17, 15) is 14.4 Å². The number of hydrogen-bond donors (Lipinski definition) is 2. The number of nitrogens with zero attached hydrogens (tertiary/aromatic N) is 6. The van der Waals surface area contributed by atoms with Crippen LogP contribution in [-0.2, 0) is 45.1 Å². The lowest BCUT2D eigenvalue weighted by atomic mass is 9.80. The van der Waals surface area contributed by atoms with E-state index in [2.05, 4.69) is 59.5 Å². The third-order valence-corrected chi connectivity index (χ3v) is 21.8. The molecular weight excluding hydrogens is 1110 g/mol. The lowest BCUT2D eigenvalue weighted by molar-refractivity contribution is -0.0909. The molecule has 2 N–H and O–H groups in total. The zero-order chi connectivity index (χ0) is 58.5. The molecule has 2 amide bonds. The van der Waals surface area contributed by atoms with Crippen LogP contribution in [0.4, 0.5) is 11.6 Å². The Balaban J connectivity index is 0.950. The lowest BCUT2D eigenvalue weighted by Gasteiger charge is -2.39. The highest BCUT2D eigenvalue weighted by molar-refractivity contribution is 8.09. The first-order chi connectivity index (χ1) is 39.8. The summed E-state index contributed by atoms with van der Waals surface area (Å²) in [7, 11) is 0.818. The van der Waals surface area contributed by atoms with Gasteiger partial charge in [-0.25, -0.2) is 19.7 Å². The van der Waals surface area contributed by atoms with E-state index in [1.54, 1.807) is 92.6 Å². The number of methoxy groups -OCH3 is 2. The van der Waals surface area contributed by atoms with E-state index in [0.717, 1.165) is 16.7 Å². The number of aromatic nitrogens is 6. The molecule has 432 valence electrons. The molecule has 10 rings (SSSR count). The molecule has 1 unspecified atom stereocenters. The molecule has 8 aromatic rings. The van der Waals surface area contributed by atoms with E-state index in [-0.39, 0.29) is 42.2 Å². The van der Waals surface area contributed by atoms with E-state index in [0.29, 0.717) is 40.2 Å². The van der Waals surface area contributed by atoms with Crippen LogP contribution in [0.5, 0.6) is 11.5 Å². The fraction of sp³-hybridized carbons (Fsp3) is 0.328. The second-order valence-electron chi connectivity index (χ2n) is 21.9. The number of rotatable bonds is 21. The molecule has 22 heteroatoms. The summed E-state index contributed by atoms with van der Waals surface area (Å²) in [5.74, 6) is 0.948. The highest BCUT2D eigenvalue weighted by Crippen LogP contribution is 2.52. The minimum Gasteiger partial charge on any atom is -0.497 e. The van der Waals surface area contributed by atoms with Crippen LogP contribution in [0.1, 0.15) is 83.5 Å². The molecule has 2 saturated heterocycles. The molecule has 7 atom stereocenters. The number of imidazole rings is 1. The van der Waals surface area contributed by atoms with Crippen LogP contribution in [0, 0.1) is 0 Å². The van der Waals surface area contributed by atoms with Gasteiger partial charge in [0.1, 0.15) is 53.9 Å². The van der Waals surface area contributed by atoms with Gasteiger partial charge in [0.25, 0.3) is 11.8 Å². The van der Waals surface area contributed by atoms with Crippen LogP contribution >= 0.6 is 6.49 Å². The standard InChI is InChI=1S/C61H67N8O11PSSi/c1-60(2,3)83(7,8)80-48-35-52(68-33-32-51(66-59(68)72)65-57(70)40-18-12-9-13-19-40)78-50(48)37-76-81(6,82)79-47-34-53(69-39-64-54-55(62-38-63-56(54)69)67-58(71)41-20-14-10-15-21-41)77-49(47)36-75-61(42-22-16-11-17-23-42,43-24-28-45(73-4)29-25-43)44-26-30-46(74-5)31-27-44/h9-33,38-39,47-50,52-53H,34-37H2,1-8H3,(H,62,63,67,71)(H,65,66,70,72)/t47-,48-,49+,50+,52+,53+,81?/m0/s1. The molecule has 19 nitrogen and oxygen atoms in total. The van der Waals surface area contributed by atoms with Crippen molar-refractivity contribution in [3.05, 3.63) is 203 Å². The summed E-state index contributed by atoms with van der Waals surface area (Å²) in [6, 6.07) is 44.6. The van der Waals surface area contributed by atoms with Gasteiger partial charge in [0.05, 0.1) is 46.0 Å². The van der Waals surface area contributed by atoms with Crippen LogP contribution in [0.25, 0.3) is 11.2 Å². The Kier molecular flexibility index (Phi) is 17.6. The van der Waals surface area contributed by atoms with E-state index < -0.39 is 68.9 Å². The Morgan fingerprint density at radius 1 is 0.687 bits per heavy atom. The normalized spacial score (nSPS) is 20.0. The second-order valence-corrected chi connectivity index (χ2v) is 30.6. The number of amides is 2. The van der Waals surface area contributed by atoms with E-state index >= 15 is 0 Å². The van der Waals surface area contributed by atoms with Gasteiger partial charge in [-0.2, -0.15) is 4.98 Å². The van der Waals surface area contributed by atoms with Crippen LogP contribution in [0.3, 0.4) is 0 Å². The molecule has 0 aliphatic carbocycles. The van der Waals surface area contributed by atoms with E-state index in [4.69, 9.17) is 53.9 Å². The molecule has 2 aliphatic heterocycles. The average molecular weight is 1180 g/mol. The molecule has 3 aromatic heterocycles. The second kappa shape index (κ2) is 24.9.